The molecule has 3 N–H and O–H groups in total. The highest BCUT2D eigenvalue weighted by atomic mass is 32.2. The largest absolute Gasteiger partial charge is 0.477 e. The molecule has 6 nitrogen and oxygen atoms in total. The van der Waals surface area contributed by atoms with Crippen molar-refractivity contribution in [2.24, 2.45) is 0 Å². The van der Waals surface area contributed by atoms with Gasteiger partial charge in [0, 0.05) is 7.05 Å². The highest BCUT2D eigenvalue weighted by Crippen LogP contribution is 2.22. The second-order valence-corrected chi connectivity index (χ2v) is 4.98. The van der Waals surface area contributed by atoms with Crippen molar-refractivity contribution in [3.63, 3.8) is 0 Å². The van der Waals surface area contributed by atoms with Gasteiger partial charge in [-0.15, -0.1) is 11.3 Å². The molecule has 0 aliphatic rings. The lowest BCUT2D eigenvalue weighted by molar-refractivity contribution is 0.0702. The quantitative estimate of drug-likeness (QED) is 0.701. The molecule has 0 saturated carbocycles. The van der Waals surface area contributed by atoms with E-state index in [4.69, 9.17) is 5.11 Å². The molecule has 1 aromatic rings. The fourth-order valence-corrected chi connectivity index (χ4v) is 2.22. The van der Waals surface area contributed by atoms with Crippen LogP contribution in [0.15, 0.2) is 12.1 Å². The van der Waals surface area contributed by atoms with Gasteiger partial charge in [0.15, 0.2) is 0 Å². The van der Waals surface area contributed by atoms with Gasteiger partial charge >= 0.3 is 5.97 Å². The van der Waals surface area contributed by atoms with E-state index in [0.29, 0.717) is 0 Å². The van der Waals surface area contributed by atoms with Crippen molar-refractivity contribution in [3.8, 4) is 0 Å². The lowest BCUT2D eigenvalue weighted by Crippen LogP contribution is -2.25. The normalized spacial score (nSPS) is 11.2. The maximum Gasteiger partial charge on any atom is 0.345 e. The molecule has 0 amide bonds. The first-order valence-corrected chi connectivity index (χ1v) is 5.79. The number of carboxylic acids is 1. The van der Waals surface area contributed by atoms with Crippen molar-refractivity contribution in [1.82, 2.24) is 4.72 Å². The van der Waals surface area contributed by atoms with Crippen LogP contribution in [0.25, 0.3) is 0 Å². The van der Waals surface area contributed by atoms with Gasteiger partial charge in [0.25, 0.3) is 10.2 Å². The average molecular weight is 236 g/mol. The molecule has 14 heavy (non-hydrogen) atoms. The molecule has 0 fully saturated rings. The third-order valence-electron chi connectivity index (χ3n) is 1.32. The van der Waals surface area contributed by atoms with Crippen LogP contribution in [0.1, 0.15) is 9.67 Å². The monoisotopic (exact) mass is 236 g/mol. The minimum absolute atomic E-state index is 0.0822. The Morgan fingerprint density at radius 3 is 2.57 bits per heavy atom. The predicted octanol–water partition coefficient (Wildman–Crippen LogP) is 0.322. The van der Waals surface area contributed by atoms with Crippen LogP contribution in [0.2, 0.25) is 0 Å². The van der Waals surface area contributed by atoms with E-state index in [-0.39, 0.29) is 9.88 Å². The fraction of sp³-hybridized carbons (Fsp3) is 0.167. The Hall–Kier alpha value is -1.12. The average Bonchev–Trinajstić information content (AvgIpc) is 2.52. The number of anilines is 1. The van der Waals surface area contributed by atoms with E-state index in [1.54, 1.807) is 0 Å². The molecule has 0 spiro atoms. The maximum absolute atomic E-state index is 11.0. The van der Waals surface area contributed by atoms with Crippen LogP contribution >= 0.6 is 11.3 Å². The Bertz CT molecular complexity index is 436. The fourth-order valence-electron chi connectivity index (χ4n) is 0.691. The Morgan fingerprint density at radius 1 is 1.50 bits per heavy atom. The van der Waals surface area contributed by atoms with Gasteiger partial charge < -0.3 is 5.11 Å². The van der Waals surface area contributed by atoms with Gasteiger partial charge in [-0.2, -0.15) is 8.42 Å². The first-order valence-electron chi connectivity index (χ1n) is 3.49. The molecule has 0 radical (unpaired) electrons. The summed E-state index contributed by atoms with van der Waals surface area (Å²) in [5, 5.41) is 8.83. The number of nitrogens with one attached hydrogen (secondary N) is 2. The summed E-state index contributed by atoms with van der Waals surface area (Å²) in [6.45, 7) is 0. The Morgan fingerprint density at radius 2 is 2.14 bits per heavy atom. The summed E-state index contributed by atoms with van der Waals surface area (Å²) in [4.78, 5) is 10.5. The molecular weight excluding hydrogens is 228 g/mol. The van der Waals surface area contributed by atoms with Gasteiger partial charge in [-0.3, -0.25) is 4.72 Å². The minimum atomic E-state index is -3.57. The van der Waals surface area contributed by atoms with E-state index in [2.05, 4.69) is 4.72 Å². The third-order valence-corrected chi connectivity index (χ3v) is 3.46. The zero-order chi connectivity index (χ0) is 10.8. The summed E-state index contributed by atoms with van der Waals surface area (Å²) in [5.41, 5.74) is 0. The van der Waals surface area contributed by atoms with Crippen LogP contribution < -0.4 is 9.44 Å². The summed E-state index contributed by atoms with van der Waals surface area (Å²) in [6.07, 6.45) is 0. The summed E-state index contributed by atoms with van der Waals surface area (Å²) in [5.74, 6) is -1.08. The predicted molar refractivity (Wildman–Crippen MR) is 52.9 cm³/mol. The smallest absolute Gasteiger partial charge is 0.345 e. The van der Waals surface area contributed by atoms with Gasteiger partial charge in [-0.25, -0.2) is 9.52 Å². The van der Waals surface area contributed by atoms with Gasteiger partial charge in [0.05, 0.1) is 0 Å². The van der Waals surface area contributed by atoms with Crippen molar-refractivity contribution in [1.29, 1.82) is 0 Å². The summed E-state index contributed by atoms with van der Waals surface area (Å²) >= 11 is 0.853. The van der Waals surface area contributed by atoms with Gasteiger partial charge in [-0.05, 0) is 12.1 Å². The molecule has 1 heterocycles. The van der Waals surface area contributed by atoms with E-state index in [1.165, 1.54) is 19.2 Å². The van der Waals surface area contributed by atoms with E-state index in [9.17, 15) is 13.2 Å². The zero-order valence-electron chi connectivity index (χ0n) is 7.14. The molecule has 0 aliphatic carbocycles. The number of carbonyl (C=O) groups is 1. The first-order chi connectivity index (χ1) is 6.44. The SMILES string of the molecule is CNS(=O)(=O)Nc1ccc(C(=O)O)s1. The number of hydrogen-bond acceptors (Lipinski definition) is 4. The van der Waals surface area contributed by atoms with E-state index in [0.717, 1.165) is 11.3 Å². The number of aromatic carboxylic acids is 1. The van der Waals surface area contributed by atoms with Crippen LogP contribution in [-0.4, -0.2) is 26.5 Å². The van der Waals surface area contributed by atoms with E-state index in [1.807, 2.05) is 4.72 Å². The Labute approximate surface area is 84.8 Å². The van der Waals surface area contributed by atoms with Gasteiger partial charge in [-0.1, -0.05) is 0 Å². The molecule has 1 aromatic heterocycles. The molecule has 0 aromatic carbocycles. The number of rotatable bonds is 4. The van der Waals surface area contributed by atoms with Crippen molar-refractivity contribution in [2.75, 3.05) is 11.8 Å². The number of thiophene rings is 1. The Balaban J connectivity index is 2.84. The highest BCUT2D eigenvalue weighted by molar-refractivity contribution is 7.91. The summed E-state index contributed by atoms with van der Waals surface area (Å²) in [7, 11) is -2.31. The lowest BCUT2D eigenvalue weighted by Gasteiger charge is -2.01. The molecule has 0 saturated heterocycles. The van der Waals surface area contributed by atoms with Gasteiger partial charge in [0.1, 0.15) is 9.88 Å². The number of hydrogen-bond donors (Lipinski definition) is 3. The van der Waals surface area contributed by atoms with Crippen LogP contribution in [0.3, 0.4) is 0 Å². The molecule has 1 rings (SSSR count). The first kappa shape index (κ1) is 11.0. The molecule has 0 unspecified atom stereocenters. The summed E-state index contributed by atoms with van der Waals surface area (Å²) in [6, 6.07) is 2.73. The molecule has 8 heteroatoms. The van der Waals surface area contributed by atoms with Crippen LogP contribution in [0, 0.1) is 0 Å². The summed E-state index contributed by atoms with van der Waals surface area (Å²) < 4.78 is 26.2. The van der Waals surface area contributed by atoms with Crippen molar-refractivity contribution in [2.45, 2.75) is 0 Å². The standard InChI is InChI=1S/C6H8N2O4S2/c1-7-14(11,12)8-5-3-2-4(13-5)6(9)10/h2-3,7-8H,1H3,(H,9,10). The number of carboxylic acid groups (broad SMARTS) is 1. The van der Waals surface area contributed by atoms with Crippen molar-refractivity contribution < 1.29 is 18.3 Å². The van der Waals surface area contributed by atoms with E-state index < -0.39 is 16.2 Å². The molecule has 0 bridgehead atoms. The molecule has 0 aliphatic heterocycles. The second kappa shape index (κ2) is 3.95. The topological polar surface area (TPSA) is 95.5 Å². The van der Waals surface area contributed by atoms with Crippen LogP contribution in [0.4, 0.5) is 5.00 Å². The molecule has 78 valence electrons. The molecule has 0 atom stereocenters. The second-order valence-electron chi connectivity index (χ2n) is 2.28. The minimum Gasteiger partial charge on any atom is -0.477 e. The van der Waals surface area contributed by atoms with Crippen LogP contribution in [-0.2, 0) is 10.2 Å². The van der Waals surface area contributed by atoms with Crippen molar-refractivity contribution >= 4 is 32.5 Å². The van der Waals surface area contributed by atoms with Crippen molar-refractivity contribution in [3.05, 3.63) is 17.0 Å². The van der Waals surface area contributed by atoms with Gasteiger partial charge in [0.2, 0.25) is 0 Å². The lowest BCUT2D eigenvalue weighted by atomic mass is 10.5. The van der Waals surface area contributed by atoms with E-state index >= 15 is 0 Å². The third kappa shape index (κ3) is 2.69. The molecular formula is C6H8N2O4S2. The van der Waals surface area contributed by atoms with Crippen LogP contribution in [0.5, 0.6) is 0 Å². The zero-order valence-corrected chi connectivity index (χ0v) is 8.78. The maximum atomic E-state index is 11.0. The highest BCUT2D eigenvalue weighted by Gasteiger charge is 2.11. The Kier molecular flexibility index (Phi) is 3.09.